The van der Waals surface area contributed by atoms with Gasteiger partial charge in [0.15, 0.2) is 0 Å². The Labute approximate surface area is 124 Å². The number of nitrogens with one attached hydrogen (secondary N) is 1. The van der Waals surface area contributed by atoms with Gasteiger partial charge in [-0.05, 0) is 32.0 Å². The minimum absolute atomic E-state index is 0.00463. The second-order valence-corrected chi connectivity index (χ2v) is 5.82. The van der Waals surface area contributed by atoms with Crippen LogP contribution in [0.2, 0.25) is 0 Å². The number of piperidine rings is 1. The number of nitrogens with two attached hydrogens (primary N) is 1. The molecule has 1 unspecified atom stereocenters. The van der Waals surface area contributed by atoms with E-state index in [1.165, 1.54) is 11.3 Å². The molecule has 108 valence electrons. The lowest BCUT2D eigenvalue weighted by Gasteiger charge is -2.32. The average molecular weight is 291 g/mol. The van der Waals surface area contributed by atoms with Gasteiger partial charge in [-0.15, -0.1) is 11.3 Å². The fourth-order valence-electron chi connectivity index (χ4n) is 2.39. The van der Waals surface area contributed by atoms with E-state index in [1.807, 2.05) is 11.4 Å². The Balaban J connectivity index is 1.92. The smallest absolute Gasteiger partial charge is 0.252 e. The van der Waals surface area contributed by atoms with Crippen molar-refractivity contribution in [2.45, 2.75) is 25.8 Å². The third-order valence-electron chi connectivity index (χ3n) is 3.46. The normalized spacial score (nSPS) is 19.2. The number of carbonyl (C=O) groups is 1. The van der Waals surface area contributed by atoms with E-state index in [2.05, 4.69) is 29.0 Å². The lowest BCUT2D eigenvalue weighted by Crippen LogP contribution is -2.47. The summed E-state index contributed by atoms with van der Waals surface area (Å²) >= 11 is 1.48. The average Bonchev–Trinajstić information content (AvgIpc) is 2.94. The summed E-state index contributed by atoms with van der Waals surface area (Å²) in [7, 11) is 0. The van der Waals surface area contributed by atoms with Crippen LogP contribution in [-0.4, -0.2) is 43.0 Å². The molecule has 2 rings (SSSR count). The van der Waals surface area contributed by atoms with E-state index in [4.69, 9.17) is 5.73 Å². The van der Waals surface area contributed by atoms with Gasteiger partial charge in [-0.3, -0.25) is 4.79 Å². The fourth-order valence-corrected chi connectivity index (χ4v) is 3.14. The van der Waals surface area contributed by atoms with E-state index in [0.29, 0.717) is 12.1 Å². The number of nitrogens with zero attached hydrogens (tertiary/aromatic N) is 1. The molecule has 0 radical (unpaired) electrons. The predicted molar refractivity (Wildman–Crippen MR) is 82.9 cm³/mol. The van der Waals surface area contributed by atoms with Crippen molar-refractivity contribution < 1.29 is 4.79 Å². The highest BCUT2D eigenvalue weighted by Gasteiger charge is 2.21. The molecule has 4 nitrogen and oxygen atoms in total. The molecule has 1 amide bonds. The highest BCUT2D eigenvalue weighted by atomic mass is 32.1. The maximum absolute atomic E-state index is 12.2. The molecule has 2 heterocycles. The van der Waals surface area contributed by atoms with Crippen molar-refractivity contribution in [3.05, 3.63) is 21.9 Å². The van der Waals surface area contributed by atoms with Crippen LogP contribution in [0.5, 0.6) is 0 Å². The first-order valence-corrected chi connectivity index (χ1v) is 7.91. The zero-order valence-corrected chi connectivity index (χ0v) is 12.6. The molecule has 1 saturated heterocycles. The Morgan fingerprint density at radius 2 is 2.50 bits per heavy atom. The zero-order chi connectivity index (χ0) is 14.4. The number of likely N-dealkylation sites (tertiary alicyclic amines) is 1. The van der Waals surface area contributed by atoms with Crippen molar-refractivity contribution >= 4 is 17.2 Å². The molecule has 1 aromatic heterocycles. The number of amides is 1. The van der Waals surface area contributed by atoms with Crippen molar-refractivity contribution in [3.8, 4) is 11.8 Å². The van der Waals surface area contributed by atoms with Crippen molar-refractivity contribution in [1.29, 1.82) is 0 Å². The summed E-state index contributed by atoms with van der Waals surface area (Å²) in [5.74, 6) is 5.76. The van der Waals surface area contributed by atoms with Crippen LogP contribution in [0, 0.1) is 11.8 Å². The first kappa shape index (κ1) is 15.0. The minimum atomic E-state index is 0.00463. The predicted octanol–water partition coefficient (Wildman–Crippen LogP) is 1.27. The quantitative estimate of drug-likeness (QED) is 0.825. The monoisotopic (exact) mass is 291 g/mol. The molecule has 0 spiro atoms. The minimum Gasteiger partial charge on any atom is -0.348 e. The molecular formula is C15H21N3OS. The van der Waals surface area contributed by atoms with Gasteiger partial charge in [0.2, 0.25) is 0 Å². The standard InChI is InChI=1S/C15H21N3OS/c1-2-18-8-4-5-13(10-18)17-15(19)12-9-14(20-11-12)6-3-7-16/h9,11,13H,2,4-5,7-8,10,16H2,1H3,(H,17,19). The van der Waals surface area contributed by atoms with Gasteiger partial charge in [0, 0.05) is 18.0 Å². The topological polar surface area (TPSA) is 58.4 Å². The summed E-state index contributed by atoms with van der Waals surface area (Å²) in [4.78, 5) is 15.5. The third-order valence-corrected chi connectivity index (χ3v) is 4.31. The summed E-state index contributed by atoms with van der Waals surface area (Å²) in [5, 5.41) is 4.98. The van der Waals surface area contributed by atoms with Crippen LogP contribution in [0.4, 0.5) is 0 Å². The van der Waals surface area contributed by atoms with Gasteiger partial charge in [0.25, 0.3) is 5.91 Å². The van der Waals surface area contributed by atoms with Gasteiger partial charge in [-0.1, -0.05) is 18.8 Å². The molecule has 0 aromatic carbocycles. The molecule has 20 heavy (non-hydrogen) atoms. The Morgan fingerprint density at radius 3 is 3.25 bits per heavy atom. The second-order valence-electron chi connectivity index (χ2n) is 4.91. The zero-order valence-electron chi connectivity index (χ0n) is 11.8. The highest BCUT2D eigenvalue weighted by Crippen LogP contribution is 2.15. The summed E-state index contributed by atoms with van der Waals surface area (Å²) in [6.07, 6.45) is 2.21. The summed E-state index contributed by atoms with van der Waals surface area (Å²) < 4.78 is 0. The van der Waals surface area contributed by atoms with E-state index >= 15 is 0 Å². The summed E-state index contributed by atoms with van der Waals surface area (Å²) in [6.45, 7) is 5.63. The van der Waals surface area contributed by atoms with E-state index in [1.54, 1.807) is 0 Å². The molecule has 1 aliphatic rings. The molecular weight excluding hydrogens is 270 g/mol. The molecule has 1 fully saturated rings. The van der Waals surface area contributed by atoms with Gasteiger partial charge in [0.05, 0.1) is 17.0 Å². The summed E-state index contributed by atoms with van der Waals surface area (Å²) in [5.41, 5.74) is 6.04. The van der Waals surface area contributed by atoms with Crippen molar-refractivity contribution in [1.82, 2.24) is 10.2 Å². The number of hydrogen-bond donors (Lipinski definition) is 2. The first-order chi connectivity index (χ1) is 9.72. The molecule has 1 aromatic rings. The van der Waals surface area contributed by atoms with Gasteiger partial charge in [0.1, 0.15) is 0 Å². The lowest BCUT2D eigenvalue weighted by molar-refractivity contribution is 0.0906. The van der Waals surface area contributed by atoms with Crippen molar-refractivity contribution in [2.24, 2.45) is 5.73 Å². The van der Waals surface area contributed by atoms with Crippen LogP contribution in [0.1, 0.15) is 35.0 Å². The Morgan fingerprint density at radius 1 is 1.65 bits per heavy atom. The number of likely N-dealkylation sites (N-methyl/N-ethyl adjacent to an activating group) is 1. The molecule has 1 aliphatic heterocycles. The first-order valence-electron chi connectivity index (χ1n) is 7.03. The van der Waals surface area contributed by atoms with E-state index < -0.39 is 0 Å². The largest absolute Gasteiger partial charge is 0.348 e. The van der Waals surface area contributed by atoms with E-state index in [-0.39, 0.29) is 11.9 Å². The van der Waals surface area contributed by atoms with Gasteiger partial charge >= 0.3 is 0 Å². The lowest BCUT2D eigenvalue weighted by atomic mass is 10.1. The second kappa shape index (κ2) is 7.44. The Kier molecular flexibility index (Phi) is 5.60. The van der Waals surface area contributed by atoms with Crippen LogP contribution in [0.25, 0.3) is 0 Å². The molecule has 1 atom stereocenters. The van der Waals surface area contributed by atoms with E-state index in [9.17, 15) is 4.79 Å². The van der Waals surface area contributed by atoms with Crippen molar-refractivity contribution in [3.63, 3.8) is 0 Å². The Bertz CT molecular complexity index is 515. The fraction of sp³-hybridized carbons (Fsp3) is 0.533. The number of thiophene rings is 1. The summed E-state index contributed by atoms with van der Waals surface area (Å²) in [6, 6.07) is 2.10. The number of rotatable bonds is 3. The van der Waals surface area contributed by atoms with Gasteiger partial charge in [-0.2, -0.15) is 0 Å². The van der Waals surface area contributed by atoms with Crippen molar-refractivity contribution in [2.75, 3.05) is 26.2 Å². The third kappa shape index (κ3) is 4.07. The maximum atomic E-state index is 12.2. The van der Waals surface area contributed by atoms with Crippen LogP contribution >= 0.6 is 11.3 Å². The maximum Gasteiger partial charge on any atom is 0.252 e. The molecule has 0 bridgehead atoms. The molecule has 3 N–H and O–H groups in total. The Hall–Kier alpha value is -1.35. The van der Waals surface area contributed by atoms with Crippen LogP contribution in [0.15, 0.2) is 11.4 Å². The van der Waals surface area contributed by atoms with Crippen LogP contribution < -0.4 is 11.1 Å². The van der Waals surface area contributed by atoms with Gasteiger partial charge < -0.3 is 16.0 Å². The van der Waals surface area contributed by atoms with E-state index in [0.717, 1.165) is 37.4 Å². The molecule has 5 heteroatoms. The number of carbonyl (C=O) groups excluding carboxylic acids is 1. The van der Waals surface area contributed by atoms with Gasteiger partial charge in [-0.25, -0.2) is 0 Å². The molecule has 0 saturated carbocycles. The SMILES string of the molecule is CCN1CCCC(NC(=O)c2csc(C#CCN)c2)C1. The number of hydrogen-bond acceptors (Lipinski definition) is 4. The van der Waals surface area contributed by atoms with Crippen LogP contribution in [-0.2, 0) is 0 Å². The molecule has 0 aliphatic carbocycles. The highest BCUT2D eigenvalue weighted by molar-refractivity contribution is 7.10. The van der Waals surface area contributed by atoms with Crippen LogP contribution in [0.3, 0.4) is 0 Å².